The van der Waals surface area contributed by atoms with Crippen LogP contribution in [0.4, 0.5) is 5.69 Å². The number of rotatable bonds is 3. The number of fused-ring (bicyclic) bond motifs is 1. The molecule has 0 fully saturated rings. The van der Waals surface area contributed by atoms with Crippen molar-refractivity contribution in [1.29, 1.82) is 0 Å². The van der Waals surface area contributed by atoms with E-state index >= 15 is 0 Å². The zero-order valence-electron chi connectivity index (χ0n) is 11.6. The number of amides is 1. The van der Waals surface area contributed by atoms with E-state index in [0.29, 0.717) is 5.69 Å². The van der Waals surface area contributed by atoms with Crippen LogP contribution >= 0.6 is 0 Å². The molecule has 0 saturated carbocycles. The zero-order chi connectivity index (χ0) is 14.8. The first kappa shape index (κ1) is 13.4. The number of nitrogens with two attached hydrogens (primary N) is 2. The molecule has 0 radical (unpaired) electrons. The van der Waals surface area contributed by atoms with Crippen molar-refractivity contribution in [3.05, 3.63) is 53.2 Å². The van der Waals surface area contributed by atoms with Gasteiger partial charge < -0.3 is 16.2 Å². The summed E-state index contributed by atoms with van der Waals surface area (Å²) in [5.41, 5.74) is 14.1. The third-order valence-electron chi connectivity index (χ3n) is 3.71. The van der Waals surface area contributed by atoms with Crippen LogP contribution in [0.3, 0.4) is 0 Å². The molecule has 5 heteroatoms. The third-order valence-corrected chi connectivity index (χ3v) is 3.71. The van der Waals surface area contributed by atoms with Gasteiger partial charge in [-0.3, -0.25) is 4.79 Å². The van der Waals surface area contributed by atoms with Gasteiger partial charge in [-0.05, 0) is 36.5 Å². The molecule has 1 aliphatic rings. The van der Waals surface area contributed by atoms with Crippen molar-refractivity contribution < 1.29 is 9.53 Å². The summed E-state index contributed by atoms with van der Waals surface area (Å²) in [6.45, 7) is 0. The van der Waals surface area contributed by atoms with Crippen LogP contribution in [0, 0.1) is 0 Å². The van der Waals surface area contributed by atoms with Gasteiger partial charge in [-0.15, -0.1) is 0 Å². The highest BCUT2D eigenvalue weighted by Gasteiger charge is 2.23. The maximum absolute atomic E-state index is 11.5. The van der Waals surface area contributed by atoms with Gasteiger partial charge in [0.05, 0.1) is 11.9 Å². The molecule has 1 aliphatic carbocycles. The average Bonchev–Trinajstić information content (AvgIpc) is 2.49. The summed E-state index contributed by atoms with van der Waals surface area (Å²) in [7, 11) is 0. The lowest BCUT2D eigenvalue weighted by Crippen LogP contribution is -2.19. The lowest BCUT2D eigenvalue weighted by molar-refractivity contribution is 0.0989. The Balaban J connectivity index is 1.93. The number of primary amides is 1. The van der Waals surface area contributed by atoms with E-state index in [1.54, 1.807) is 0 Å². The number of carbonyl (C=O) groups excluding carboxylic acids is 1. The molecule has 4 N–H and O–H groups in total. The van der Waals surface area contributed by atoms with Gasteiger partial charge in [0.2, 0.25) is 5.88 Å². The van der Waals surface area contributed by atoms with Crippen molar-refractivity contribution in [3.8, 4) is 5.88 Å². The minimum Gasteiger partial charge on any atom is -0.469 e. The fraction of sp³-hybridized carbons (Fsp3) is 0.250. The Kier molecular flexibility index (Phi) is 3.48. The molecule has 1 aromatic heterocycles. The first-order valence-electron chi connectivity index (χ1n) is 6.95. The average molecular weight is 283 g/mol. The molecule has 1 aromatic carbocycles. The van der Waals surface area contributed by atoms with Crippen LogP contribution in [-0.4, -0.2) is 10.9 Å². The molecule has 0 bridgehead atoms. The van der Waals surface area contributed by atoms with Crippen LogP contribution in [0.2, 0.25) is 0 Å². The Morgan fingerprint density at radius 3 is 2.95 bits per heavy atom. The number of pyridine rings is 1. The quantitative estimate of drug-likeness (QED) is 0.903. The molecule has 1 atom stereocenters. The number of nitrogen functional groups attached to an aromatic ring is 1. The highest BCUT2D eigenvalue weighted by molar-refractivity contribution is 5.95. The van der Waals surface area contributed by atoms with Gasteiger partial charge in [0.1, 0.15) is 11.7 Å². The second-order valence-electron chi connectivity index (χ2n) is 5.18. The minimum atomic E-state index is -0.589. The Morgan fingerprint density at radius 1 is 1.33 bits per heavy atom. The molecule has 0 saturated heterocycles. The summed E-state index contributed by atoms with van der Waals surface area (Å²) in [5, 5.41) is 0. The standard InChI is InChI=1S/C16H17N3O2/c17-11-8-13(15(18)20)16(19-9-11)21-14-7-3-5-10-4-1-2-6-12(10)14/h1-2,4,6,8-9,14H,3,5,7,17H2,(H2,18,20). The van der Waals surface area contributed by atoms with Gasteiger partial charge in [-0.1, -0.05) is 24.3 Å². The largest absolute Gasteiger partial charge is 0.469 e. The van der Waals surface area contributed by atoms with Crippen molar-refractivity contribution >= 4 is 11.6 Å². The Hall–Kier alpha value is -2.56. The summed E-state index contributed by atoms with van der Waals surface area (Å²) in [5.74, 6) is -0.340. The molecule has 1 unspecified atom stereocenters. The maximum atomic E-state index is 11.5. The van der Waals surface area contributed by atoms with E-state index in [2.05, 4.69) is 17.1 Å². The summed E-state index contributed by atoms with van der Waals surface area (Å²) < 4.78 is 5.96. The predicted molar refractivity (Wildman–Crippen MR) is 79.9 cm³/mol. The second kappa shape index (κ2) is 5.44. The minimum absolute atomic E-state index is 0.107. The number of carbonyl (C=O) groups is 1. The lowest BCUT2D eigenvalue weighted by atomic mass is 9.89. The molecule has 0 spiro atoms. The lowest BCUT2D eigenvalue weighted by Gasteiger charge is -2.26. The summed E-state index contributed by atoms with van der Waals surface area (Å²) >= 11 is 0. The molecule has 0 aliphatic heterocycles. The maximum Gasteiger partial charge on any atom is 0.254 e. The first-order chi connectivity index (χ1) is 10.1. The topological polar surface area (TPSA) is 91.2 Å². The summed E-state index contributed by atoms with van der Waals surface area (Å²) in [6.07, 6.45) is 4.35. The van der Waals surface area contributed by atoms with Crippen LogP contribution in [-0.2, 0) is 6.42 Å². The van der Waals surface area contributed by atoms with Crippen LogP contribution in [0.1, 0.15) is 40.4 Å². The number of hydrogen-bond donors (Lipinski definition) is 2. The van der Waals surface area contributed by atoms with Crippen LogP contribution in [0.5, 0.6) is 5.88 Å². The van der Waals surface area contributed by atoms with Crippen LogP contribution in [0.25, 0.3) is 0 Å². The Labute approximate surface area is 122 Å². The molecule has 1 amide bonds. The van der Waals surface area contributed by atoms with Crippen molar-refractivity contribution in [3.63, 3.8) is 0 Å². The zero-order valence-corrected chi connectivity index (χ0v) is 11.6. The fourth-order valence-electron chi connectivity index (χ4n) is 2.71. The summed E-state index contributed by atoms with van der Waals surface area (Å²) in [4.78, 5) is 15.6. The molecule has 3 rings (SSSR count). The van der Waals surface area contributed by atoms with Gasteiger partial charge >= 0.3 is 0 Å². The van der Waals surface area contributed by atoms with Crippen LogP contribution in [0.15, 0.2) is 36.5 Å². The normalized spacial score (nSPS) is 17.0. The Bertz CT molecular complexity index is 685. The number of nitrogens with zero attached hydrogens (tertiary/aromatic N) is 1. The van der Waals surface area contributed by atoms with Gasteiger partial charge in [-0.25, -0.2) is 4.98 Å². The van der Waals surface area contributed by atoms with E-state index in [9.17, 15) is 4.79 Å². The highest BCUT2D eigenvalue weighted by atomic mass is 16.5. The number of aryl methyl sites for hydroxylation is 1. The van der Waals surface area contributed by atoms with E-state index in [0.717, 1.165) is 24.8 Å². The van der Waals surface area contributed by atoms with Crippen LogP contribution < -0.4 is 16.2 Å². The number of hydrogen-bond acceptors (Lipinski definition) is 4. The number of anilines is 1. The van der Waals surface area contributed by atoms with Crippen molar-refractivity contribution in [2.75, 3.05) is 5.73 Å². The third kappa shape index (κ3) is 2.67. The predicted octanol–water partition coefficient (Wildman–Crippen LogP) is 2.22. The smallest absolute Gasteiger partial charge is 0.254 e. The monoisotopic (exact) mass is 283 g/mol. The van der Waals surface area contributed by atoms with Gasteiger partial charge in [0.25, 0.3) is 5.91 Å². The highest BCUT2D eigenvalue weighted by Crippen LogP contribution is 2.34. The first-order valence-corrected chi connectivity index (χ1v) is 6.95. The molecule has 5 nitrogen and oxygen atoms in total. The van der Waals surface area contributed by atoms with E-state index in [4.69, 9.17) is 16.2 Å². The SMILES string of the molecule is NC(=O)c1cc(N)cnc1OC1CCCc2ccccc21. The van der Waals surface area contributed by atoms with Gasteiger partial charge in [-0.2, -0.15) is 0 Å². The van der Waals surface area contributed by atoms with E-state index in [1.807, 2.05) is 12.1 Å². The number of ether oxygens (including phenoxy) is 1. The molecular formula is C16H17N3O2. The molecule has 21 heavy (non-hydrogen) atoms. The van der Waals surface area contributed by atoms with E-state index < -0.39 is 5.91 Å². The van der Waals surface area contributed by atoms with Crippen molar-refractivity contribution in [2.24, 2.45) is 5.73 Å². The van der Waals surface area contributed by atoms with E-state index in [1.165, 1.54) is 17.8 Å². The fourth-order valence-corrected chi connectivity index (χ4v) is 2.71. The molecular weight excluding hydrogens is 266 g/mol. The Morgan fingerprint density at radius 2 is 2.14 bits per heavy atom. The van der Waals surface area contributed by atoms with E-state index in [-0.39, 0.29) is 17.5 Å². The van der Waals surface area contributed by atoms with Crippen molar-refractivity contribution in [1.82, 2.24) is 4.98 Å². The van der Waals surface area contributed by atoms with Gasteiger partial charge in [0.15, 0.2) is 0 Å². The molecule has 2 aromatic rings. The molecule has 1 heterocycles. The second-order valence-corrected chi connectivity index (χ2v) is 5.18. The number of aromatic nitrogens is 1. The number of benzene rings is 1. The van der Waals surface area contributed by atoms with Gasteiger partial charge in [0, 0.05) is 0 Å². The molecule has 108 valence electrons. The van der Waals surface area contributed by atoms with Crippen molar-refractivity contribution in [2.45, 2.75) is 25.4 Å². The summed E-state index contributed by atoms with van der Waals surface area (Å²) in [6, 6.07) is 9.68.